The van der Waals surface area contributed by atoms with E-state index < -0.39 is 0 Å². The molecule has 0 spiro atoms. The Morgan fingerprint density at radius 3 is 2.72 bits per heavy atom. The molecule has 1 heterocycles. The molecule has 0 fully saturated rings. The predicted molar refractivity (Wildman–Crippen MR) is 114 cm³/mol. The lowest BCUT2D eigenvalue weighted by atomic mass is 10.2. The molecule has 0 saturated carbocycles. The zero-order chi connectivity index (χ0) is 20.8. The van der Waals surface area contributed by atoms with Crippen molar-refractivity contribution in [3.05, 3.63) is 69.2 Å². The third-order valence-corrected chi connectivity index (χ3v) is 4.83. The summed E-state index contributed by atoms with van der Waals surface area (Å²) in [5.41, 5.74) is 1.66. The minimum atomic E-state index is 0.222. The summed E-state index contributed by atoms with van der Waals surface area (Å²) in [5, 5.41) is 16.1. The molecule has 0 aliphatic carbocycles. The van der Waals surface area contributed by atoms with Gasteiger partial charge < -0.3 is 14.8 Å². The summed E-state index contributed by atoms with van der Waals surface area (Å²) in [6.07, 6.45) is 1.71. The van der Waals surface area contributed by atoms with E-state index in [0.29, 0.717) is 45.6 Å². The normalized spacial score (nSPS) is 10.6. The molecule has 0 unspecified atom stereocenters. The summed E-state index contributed by atoms with van der Waals surface area (Å²) in [7, 11) is 1.55. The highest BCUT2D eigenvalue weighted by atomic mass is 35.5. The number of rotatable bonds is 9. The van der Waals surface area contributed by atoms with E-state index in [4.69, 9.17) is 44.3 Å². The van der Waals surface area contributed by atoms with Crippen LogP contribution in [0, 0.1) is 0 Å². The molecule has 0 aliphatic rings. The molecule has 0 saturated heterocycles. The predicted octanol–water partition coefficient (Wildman–Crippen LogP) is 5.02. The third kappa shape index (κ3) is 5.32. The number of hydrogen-bond acceptors (Lipinski definition) is 6. The molecular weight excluding hydrogens is 437 g/mol. The van der Waals surface area contributed by atoms with E-state index in [0.717, 1.165) is 11.1 Å². The van der Waals surface area contributed by atoms with E-state index in [2.05, 4.69) is 27.4 Å². The number of anilines is 1. The zero-order valence-electron chi connectivity index (χ0n) is 15.5. The van der Waals surface area contributed by atoms with Crippen molar-refractivity contribution in [3.8, 4) is 11.5 Å². The number of ether oxygens (including phenoxy) is 2. The Kier molecular flexibility index (Phi) is 7.19. The quantitative estimate of drug-likeness (QED) is 0.458. The minimum Gasteiger partial charge on any atom is -0.493 e. The summed E-state index contributed by atoms with van der Waals surface area (Å²) in [4.78, 5) is 0. The van der Waals surface area contributed by atoms with Crippen LogP contribution in [0.15, 0.2) is 43.0 Å². The monoisotopic (exact) mass is 453 g/mol. The van der Waals surface area contributed by atoms with Gasteiger partial charge in [0.05, 0.1) is 18.7 Å². The van der Waals surface area contributed by atoms with Crippen molar-refractivity contribution >= 4 is 40.8 Å². The first-order chi connectivity index (χ1) is 14.0. The van der Waals surface area contributed by atoms with Gasteiger partial charge in [0.25, 0.3) is 0 Å². The Morgan fingerprint density at radius 2 is 2.00 bits per heavy atom. The number of hydrogen-bond donors (Lipinski definition) is 1. The van der Waals surface area contributed by atoms with Crippen LogP contribution in [0.25, 0.3) is 0 Å². The molecule has 1 aromatic heterocycles. The number of aromatic nitrogens is 4. The highest BCUT2D eigenvalue weighted by molar-refractivity contribution is 6.35. The fourth-order valence-electron chi connectivity index (χ4n) is 2.56. The van der Waals surface area contributed by atoms with Gasteiger partial charge in [0.15, 0.2) is 11.5 Å². The van der Waals surface area contributed by atoms with Crippen LogP contribution in [0.3, 0.4) is 0 Å². The van der Waals surface area contributed by atoms with Crippen LogP contribution in [-0.2, 0) is 19.7 Å². The van der Waals surface area contributed by atoms with Crippen LogP contribution >= 0.6 is 34.8 Å². The van der Waals surface area contributed by atoms with Gasteiger partial charge in [-0.25, -0.2) is 4.68 Å². The number of benzene rings is 2. The molecule has 0 aliphatic heterocycles. The van der Waals surface area contributed by atoms with Gasteiger partial charge in [-0.3, -0.25) is 0 Å². The molecule has 0 radical (unpaired) electrons. The smallest absolute Gasteiger partial charge is 0.243 e. The second-order valence-electron chi connectivity index (χ2n) is 5.96. The Hall–Kier alpha value is -2.48. The maximum Gasteiger partial charge on any atom is 0.243 e. The van der Waals surface area contributed by atoms with E-state index in [-0.39, 0.29) is 6.61 Å². The van der Waals surface area contributed by atoms with Gasteiger partial charge in [-0.2, -0.15) is 0 Å². The summed E-state index contributed by atoms with van der Waals surface area (Å²) in [6.45, 7) is 4.84. The highest BCUT2D eigenvalue weighted by Crippen LogP contribution is 2.37. The van der Waals surface area contributed by atoms with Gasteiger partial charge in [0.1, 0.15) is 6.61 Å². The van der Waals surface area contributed by atoms with Crippen LogP contribution in [0.5, 0.6) is 11.5 Å². The van der Waals surface area contributed by atoms with E-state index in [1.165, 1.54) is 0 Å². The molecule has 0 amide bonds. The first kappa shape index (κ1) is 21.2. The molecule has 1 N–H and O–H groups in total. The van der Waals surface area contributed by atoms with Gasteiger partial charge in [-0.15, -0.1) is 6.58 Å². The first-order valence-electron chi connectivity index (χ1n) is 8.56. The first-order valence-corrected chi connectivity index (χ1v) is 9.69. The Bertz CT molecular complexity index is 1010. The Balaban J connectivity index is 1.73. The van der Waals surface area contributed by atoms with Crippen molar-refractivity contribution in [3.63, 3.8) is 0 Å². The molecule has 2 aromatic carbocycles. The maximum absolute atomic E-state index is 6.44. The van der Waals surface area contributed by atoms with Gasteiger partial charge in [-0.05, 0) is 40.3 Å². The van der Waals surface area contributed by atoms with Crippen molar-refractivity contribution in [2.24, 2.45) is 0 Å². The summed E-state index contributed by atoms with van der Waals surface area (Å²) in [5.74, 6) is 1.46. The van der Waals surface area contributed by atoms with E-state index in [9.17, 15) is 0 Å². The largest absolute Gasteiger partial charge is 0.493 e. The van der Waals surface area contributed by atoms with Crippen LogP contribution in [0.1, 0.15) is 11.1 Å². The second kappa shape index (κ2) is 9.82. The van der Waals surface area contributed by atoms with Gasteiger partial charge >= 0.3 is 0 Å². The summed E-state index contributed by atoms with van der Waals surface area (Å²) < 4.78 is 12.9. The summed E-state index contributed by atoms with van der Waals surface area (Å²) >= 11 is 18.6. The molecule has 0 atom stereocenters. The van der Waals surface area contributed by atoms with Crippen molar-refractivity contribution in [2.75, 3.05) is 12.4 Å². The maximum atomic E-state index is 6.44. The van der Waals surface area contributed by atoms with Gasteiger partial charge in [-0.1, -0.05) is 52.0 Å². The molecule has 0 bridgehead atoms. The molecule has 10 heteroatoms. The molecule has 3 rings (SSSR count). The van der Waals surface area contributed by atoms with Gasteiger partial charge in [0, 0.05) is 22.2 Å². The lowest BCUT2D eigenvalue weighted by Gasteiger charge is -2.15. The van der Waals surface area contributed by atoms with E-state index in [1.807, 2.05) is 6.07 Å². The molecule has 152 valence electrons. The molecule has 3 aromatic rings. The lowest BCUT2D eigenvalue weighted by molar-refractivity contribution is 0.284. The van der Waals surface area contributed by atoms with E-state index >= 15 is 0 Å². The van der Waals surface area contributed by atoms with Crippen molar-refractivity contribution in [1.29, 1.82) is 0 Å². The SMILES string of the molecule is C=CCn1nnnc1NCc1cc(Cl)c(OCc2ccc(Cl)cc2Cl)c(OC)c1. The molecular formula is C19H18Cl3N5O2. The number of halogens is 3. The standard InChI is InChI=1S/C19H18Cl3N5O2/c1-3-6-27-19(24-25-26-27)23-10-12-7-16(22)18(17(8-12)28-2)29-11-13-4-5-14(20)9-15(13)21/h3-5,7-9H,1,6,10-11H2,2H3,(H,23,24,26). The number of methoxy groups -OCH3 is 1. The number of allylic oxidation sites excluding steroid dienone is 1. The van der Waals surface area contributed by atoms with Crippen LogP contribution in [-0.4, -0.2) is 27.3 Å². The zero-order valence-corrected chi connectivity index (χ0v) is 17.8. The summed E-state index contributed by atoms with van der Waals surface area (Å²) in [6, 6.07) is 8.84. The molecule has 29 heavy (non-hydrogen) atoms. The van der Waals surface area contributed by atoms with Crippen LogP contribution < -0.4 is 14.8 Å². The average Bonchev–Trinajstić information content (AvgIpc) is 3.13. The van der Waals surface area contributed by atoms with E-state index in [1.54, 1.807) is 42.1 Å². The number of tetrazole rings is 1. The lowest BCUT2D eigenvalue weighted by Crippen LogP contribution is -2.08. The average molecular weight is 455 g/mol. The Labute approximate surface area is 183 Å². The van der Waals surface area contributed by atoms with Crippen molar-refractivity contribution < 1.29 is 9.47 Å². The minimum absolute atomic E-state index is 0.222. The van der Waals surface area contributed by atoms with Crippen molar-refractivity contribution in [2.45, 2.75) is 19.7 Å². The second-order valence-corrected chi connectivity index (χ2v) is 7.21. The fourth-order valence-corrected chi connectivity index (χ4v) is 3.31. The fraction of sp³-hybridized carbons (Fsp3) is 0.211. The van der Waals surface area contributed by atoms with Crippen LogP contribution in [0.4, 0.5) is 5.95 Å². The topological polar surface area (TPSA) is 74.1 Å². The highest BCUT2D eigenvalue weighted by Gasteiger charge is 2.14. The number of nitrogens with one attached hydrogen (secondary N) is 1. The van der Waals surface area contributed by atoms with Crippen molar-refractivity contribution in [1.82, 2.24) is 20.2 Å². The molecule has 7 nitrogen and oxygen atoms in total. The third-order valence-electron chi connectivity index (χ3n) is 3.96. The van der Waals surface area contributed by atoms with Crippen LogP contribution in [0.2, 0.25) is 15.1 Å². The Morgan fingerprint density at radius 1 is 1.17 bits per heavy atom. The number of nitrogens with zero attached hydrogens (tertiary/aromatic N) is 4. The van der Waals surface area contributed by atoms with Gasteiger partial charge in [0.2, 0.25) is 5.95 Å².